The highest BCUT2D eigenvalue weighted by Gasteiger charge is 2.37. The number of aromatic nitrogens is 2. The molecule has 3 heterocycles. The Morgan fingerprint density at radius 2 is 1.84 bits per heavy atom. The molecule has 2 aliphatic rings. The number of piperidine rings is 2. The summed E-state index contributed by atoms with van der Waals surface area (Å²) in [7, 11) is 0. The van der Waals surface area contributed by atoms with Crippen LogP contribution in [0.1, 0.15) is 68.9 Å². The standard InChI is InChI=1S/C24H34N4O4/c1-4-17-5-7-18(8-6-17)19-13-20(22-25-23(26-32-22)31-16(2)3)15-28(14-19)24(30)27-11-9-21(29)10-12-27/h5-8,16,19-21,29H,4,9-15H2,1-3H3. The molecular weight excluding hydrogens is 408 g/mol. The Balaban J connectivity index is 1.55. The summed E-state index contributed by atoms with van der Waals surface area (Å²) >= 11 is 0. The molecule has 2 amide bonds. The number of ether oxygens (including phenoxy) is 1. The van der Waals surface area contributed by atoms with Crippen molar-refractivity contribution in [2.75, 3.05) is 26.2 Å². The molecule has 0 saturated carbocycles. The lowest BCUT2D eigenvalue weighted by Gasteiger charge is -2.40. The third-order valence-electron chi connectivity index (χ3n) is 6.43. The van der Waals surface area contributed by atoms with E-state index in [2.05, 4.69) is 41.3 Å². The van der Waals surface area contributed by atoms with Crippen LogP contribution in [0.2, 0.25) is 0 Å². The van der Waals surface area contributed by atoms with Gasteiger partial charge in [0.1, 0.15) is 0 Å². The third-order valence-corrected chi connectivity index (χ3v) is 6.43. The van der Waals surface area contributed by atoms with E-state index in [1.54, 1.807) is 0 Å². The lowest BCUT2D eigenvalue weighted by atomic mass is 9.84. The van der Waals surface area contributed by atoms with Crippen molar-refractivity contribution in [2.24, 2.45) is 0 Å². The topological polar surface area (TPSA) is 91.9 Å². The number of carbonyl (C=O) groups is 1. The second-order valence-corrected chi connectivity index (χ2v) is 9.21. The van der Waals surface area contributed by atoms with Gasteiger partial charge in [-0.3, -0.25) is 0 Å². The number of carbonyl (C=O) groups excluding carboxylic acids is 1. The number of urea groups is 1. The normalized spacial score (nSPS) is 22.4. The van der Waals surface area contributed by atoms with E-state index in [9.17, 15) is 9.90 Å². The summed E-state index contributed by atoms with van der Waals surface area (Å²) in [5.74, 6) is 0.638. The van der Waals surface area contributed by atoms with E-state index in [1.165, 1.54) is 11.1 Å². The maximum absolute atomic E-state index is 13.3. The van der Waals surface area contributed by atoms with Crippen LogP contribution in [0.5, 0.6) is 6.01 Å². The van der Waals surface area contributed by atoms with Crippen molar-refractivity contribution in [3.05, 3.63) is 41.3 Å². The van der Waals surface area contributed by atoms with Crippen molar-refractivity contribution in [1.82, 2.24) is 19.9 Å². The van der Waals surface area contributed by atoms with Gasteiger partial charge in [0.05, 0.1) is 18.1 Å². The van der Waals surface area contributed by atoms with Gasteiger partial charge in [0.2, 0.25) is 5.89 Å². The number of hydrogen-bond donors (Lipinski definition) is 1. The number of aliphatic hydroxyl groups excluding tert-OH is 1. The van der Waals surface area contributed by atoms with Crippen molar-refractivity contribution in [2.45, 2.75) is 70.5 Å². The number of amides is 2. The van der Waals surface area contributed by atoms with Crippen molar-refractivity contribution in [3.63, 3.8) is 0 Å². The smallest absolute Gasteiger partial charge is 0.354 e. The summed E-state index contributed by atoms with van der Waals surface area (Å²) in [5.41, 5.74) is 2.52. The van der Waals surface area contributed by atoms with E-state index in [0.717, 1.165) is 12.8 Å². The number of likely N-dealkylation sites (tertiary alicyclic amines) is 2. The number of rotatable bonds is 5. The molecule has 32 heavy (non-hydrogen) atoms. The van der Waals surface area contributed by atoms with Gasteiger partial charge in [0.15, 0.2) is 0 Å². The highest BCUT2D eigenvalue weighted by molar-refractivity contribution is 5.75. The minimum Gasteiger partial charge on any atom is -0.459 e. The quantitative estimate of drug-likeness (QED) is 0.761. The molecule has 2 saturated heterocycles. The summed E-state index contributed by atoms with van der Waals surface area (Å²) in [6, 6.07) is 8.94. The molecule has 2 aliphatic heterocycles. The largest absolute Gasteiger partial charge is 0.459 e. The van der Waals surface area contributed by atoms with E-state index in [4.69, 9.17) is 9.26 Å². The van der Waals surface area contributed by atoms with Crippen LogP contribution in [0, 0.1) is 0 Å². The van der Waals surface area contributed by atoms with Crippen molar-refractivity contribution in [3.8, 4) is 6.01 Å². The molecule has 8 nitrogen and oxygen atoms in total. The van der Waals surface area contributed by atoms with E-state index >= 15 is 0 Å². The van der Waals surface area contributed by atoms with Crippen molar-refractivity contribution < 1.29 is 19.2 Å². The number of hydrogen-bond acceptors (Lipinski definition) is 6. The molecule has 1 aromatic carbocycles. The molecule has 0 spiro atoms. The van der Waals surface area contributed by atoms with Crippen LogP contribution in [0.15, 0.2) is 28.8 Å². The first-order valence-electron chi connectivity index (χ1n) is 11.7. The van der Waals surface area contributed by atoms with E-state index in [-0.39, 0.29) is 36.1 Å². The number of aliphatic hydroxyl groups is 1. The summed E-state index contributed by atoms with van der Waals surface area (Å²) in [5, 5.41) is 13.8. The van der Waals surface area contributed by atoms with Crippen LogP contribution in [-0.4, -0.2) is 69.5 Å². The van der Waals surface area contributed by atoms with Gasteiger partial charge >= 0.3 is 12.0 Å². The molecule has 2 aromatic rings. The Bertz CT molecular complexity index is 890. The van der Waals surface area contributed by atoms with Crippen LogP contribution < -0.4 is 4.74 Å². The maximum Gasteiger partial charge on any atom is 0.354 e. The van der Waals surface area contributed by atoms with Crippen LogP contribution in [-0.2, 0) is 6.42 Å². The molecule has 1 aromatic heterocycles. The monoisotopic (exact) mass is 442 g/mol. The first-order valence-corrected chi connectivity index (χ1v) is 11.7. The zero-order valence-electron chi connectivity index (χ0n) is 19.2. The zero-order chi connectivity index (χ0) is 22.7. The first kappa shape index (κ1) is 22.6. The summed E-state index contributed by atoms with van der Waals surface area (Å²) < 4.78 is 11.1. The summed E-state index contributed by atoms with van der Waals surface area (Å²) in [6.45, 7) is 8.35. The van der Waals surface area contributed by atoms with Gasteiger partial charge in [-0.05, 0) is 55.8 Å². The molecule has 8 heteroatoms. The van der Waals surface area contributed by atoms with Crippen LogP contribution >= 0.6 is 0 Å². The third kappa shape index (κ3) is 5.23. The molecule has 0 radical (unpaired) electrons. The maximum atomic E-state index is 13.3. The molecular formula is C24H34N4O4. The highest BCUT2D eigenvalue weighted by atomic mass is 16.6. The summed E-state index contributed by atoms with van der Waals surface area (Å²) in [6.07, 6.45) is 2.74. The fourth-order valence-electron chi connectivity index (χ4n) is 4.60. The SMILES string of the molecule is CCc1ccc(C2CC(c3nc(OC(C)C)no3)CN(C(=O)N3CCC(O)CC3)C2)cc1. The van der Waals surface area contributed by atoms with Crippen LogP contribution in [0.4, 0.5) is 4.79 Å². The average molecular weight is 443 g/mol. The predicted molar refractivity (Wildman–Crippen MR) is 120 cm³/mol. The van der Waals surface area contributed by atoms with E-state index in [1.807, 2.05) is 23.6 Å². The van der Waals surface area contributed by atoms with Gasteiger partial charge in [-0.1, -0.05) is 31.2 Å². The minimum atomic E-state index is -0.309. The number of benzene rings is 1. The van der Waals surface area contributed by atoms with Gasteiger partial charge in [-0.15, -0.1) is 0 Å². The average Bonchev–Trinajstić information content (AvgIpc) is 3.27. The highest BCUT2D eigenvalue weighted by Crippen LogP contribution is 2.36. The Morgan fingerprint density at radius 3 is 2.50 bits per heavy atom. The van der Waals surface area contributed by atoms with Gasteiger partial charge in [-0.25, -0.2) is 4.79 Å². The van der Waals surface area contributed by atoms with Crippen LogP contribution in [0.25, 0.3) is 0 Å². The lowest BCUT2D eigenvalue weighted by Crippen LogP contribution is -2.51. The Hall–Kier alpha value is -2.61. The van der Waals surface area contributed by atoms with Gasteiger partial charge in [0, 0.05) is 32.1 Å². The molecule has 0 bridgehead atoms. The van der Waals surface area contributed by atoms with Gasteiger partial charge in [0.25, 0.3) is 0 Å². The lowest BCUT2D eigenvalue weighted by molar-refractivity contribution is 0.0744. The van der Waals surface area contributed by atoms with E-state index < -0.39 is 0 Å². The van der Waals surface area contributed by atoms with Crippen LogP contribution in [0.3, 0.4) is 0 Å². The molecule has 2 fully saturated rings. The van der Waals surface area contributed by atoms with Gasteiger partial charge < -0.3 is 24.2 Å². The number of nitrogens with zero attached hydrogens (tertiary/aromatic N) is 4. The molecule has 2 unspecified atom stereocenters. The zero-order valence-corrected chi connectivity index (χ0v) is 19.2. The fourth-order valence-corrected chi connectivity index (χ4v) is 4.60. The minimum absolute atomic E-state index is 0.0231. The van der Waals surface area contributed by atoms with Gasteiger partial charge in [-0.2, -0.15) is 4.98 Å². The van der Waals surface area contributed by atoms with Crippen molar-refractivity contribution in [1.29, 1.82) is 0 Å². The Kier molecular flexibility index (Phi) is 6.98. The first-order chi connectivity index (χ1) is 15.4. The molecule has 1 N–H and O–H groups in total. The molecule has 0 aliphatic carbocycles. The molecule has 174 valence electrons. The second-order valence-electron chi connectivity index (χ2n) is 9.21. The summed E-state index contributed by atoms with van der Waals surface area (Å²) in [4.78, 5) is 21.6. The molecule has 4 rings (SSSR count). The Labute approximate surface area is 189 Å². The second kappa shape index (κ2) is 9.90. The Morgan fingerprint density at radius 1 is 1.16 bits per heavy atom. The number of aryl methyl sites for hydroxylation is 1. The fraction of sp³-hybridized carbons (Fsp3) is 0.625. The van der Waals surface area contributed by atoms with E-state index in [0.29, 0.717) is 44.9 Å². The predicted octanol–water partition coefficient (Wildman–Crippen LogP) is 3.57. The molecule has 2 atom stereocenters. The van der Waals surface area contributed by atoms with Crippen molar-refractivity contribution >= 4 is 6.03 Å².